The molecular weight excluding hydrogens is 286 g/mol. The fraction of sp³-hybridized carbons (Fsp3) is 0.267. The fourth-order valence-corrected chi connectivity index (χ4v) is 1.83. The molecule has 22 heavy (non-hydrogen) atoms. The molecule has 1 heterocycles. The van der Waals surface area contributed by atoms with Gasteiger partial charge in [0.05, 0.1) is 25.4 Å². The van der Waals surface area contributed by atoms with Gasteiger partial charge in [0.15, 0.2) is 0 Å². The van der Waals surface area contributed by atoms with Crippen LogP contribution in [0.3, 0.4) is 0 Å². The van der Waals surface area contributed by atoms with E-state index in [-0.39, 0.29) is 0 Å². The zero-order chi connectivity index (χ0) is 16.1. The van der Waals surface area contributed by atoms with Crippen LogP contribution < -0.4 is 10.1 Å². The molecule has 0 saturated carbocycles. The second-order valence-corrected chi connectivity index (χ2v) is 4.81. The van der Waals surface area contributed by atoms with Crippen LogP contribution in [-0.2, 0) is 11.3 Å². The Kier molecular flexibility index (Phi) is 4.77. The van der Waals surface area contributed by atoms with Crippen LogP contribution in [0.1, 0.15) is 22.8 Å². The van der Waals surface area contributed by atoms with Crippen molar-refractivity contribution in [2.45, 2.75) is 19.5 Å². The Morgan fingerprint density at radius 3 is 2.64 bits per heavy atom. The molecule has 0 fully saturated rings. The number of aromatic nitrogens is 2. The number of nitrogens with zero attached hydrogens (tertiary/aromatic N) is 2. The maximum Gasteiger partial charge on any atom is 0.325 e. The molecule has 1 atom stereocenters. The molecule has 1 aromatic heterocycles. The molecule has 0 aliphatic heterocycles. The molecule has 1 aromatic carbocycles. The van der Waals surface area contributed by atoms with E-state index in [0.717, 1.165) is 11.3 Å². The van der Waals surface area contributed by atoms with Gasteiger partial charge < -0.3 is 15.2 Å². The number of carboxylic acids is 1. The Balaban J connectivity index is 2.01. The number of aliphatic carboxylic acids is 1. The van der Waals surface area contributed by atoms with E-state index in [0.29, 0.717) is 12.1 Å². The summed E-state index contributed by atoms with van der Waals surface area (Å²) in [6, 6.07) is 6.57. The van der Waals surface area contributed by atoms with Gasteiger partial charge in [-0.3, -0.25) is 14.3 Å². The number of carboxylic acid groups (broad SMARTS) is 1. The summed E-state index contributed by atoms with van der Waals surface area (Å²) in [5.41, 5.74) is 1.33. The molecule has 0 aliphatic carbocycles. The Labute approximate surface area is 127 Å². The topological polar surface area (TPSA) is 93.5 Å². The first-order valence-corrected chi connectivity index (χ1v) is 6.68. The quantitative estimate of drug-likeness (QED) is 0.834. The number of benzene rings is 1. The molecule has 0 saturated heterocycles. The standard InChI is InChI=1S/C15H17N3O4/c1-10(15(20)21)17-14(19)12-7-16-18(9-12)8-11-3-5-13(22-2)6-4-11/h3-7,9-10H,8H2,1-2H3,(H,17,19)(H,20,21)/t10-/m1/s1. The van der Waals surface area contributed by atoms with E-state index in [2.05, 4.69) is 10.4 Å². The van der Waals surface area contributed by atoms with Crippen molar-refractivity contribution in [3.63, 3.8) is 0 Å². The zero-order valence-corrected chi connectivity index (χ0v) is 12.3. The van der Waals surface area contributed by atoms with Crippen LogP contribution in [0.5, 0.6) is 5.75 Å². The molecular formula is C15H17N3O4. The number of rotatable bonds is 6. The van der Waals surface area contributed by atoms with Crippen LogP contribution in [0.15, 0.2) is 36.7 Å². The molecule has 2 N–H and O–H groups in total. The van der Waals surface area contributed by atoms with Gasteiger partial charge in [0.1, 0.15) is 11.8 Å². The van der Waals surface area contributed by atoms with E-state index >= 15 is 0 Å². The Bertz CT molecular complexity index is 664. The predicted octanol–water partition coefficient (Wildman–Crippen LogP) is 1.14. The van der Waals surface area contributed by atoms with E-state index in [1.54, 1.807) is 18.0 Å². The van der Waals surface area contributed by atoms with Crippen LogP contribution in [-0.4, -0.2) is 39.9 Å². The van der Waals surface area contributed by atoms with Crippen molar-refractivity contribution < 1.29 is 19.4 Å². The third kappa shape index (κ3) is 3.85. The maximum atomic E-state index is 11.9. The van der Waals surface area contributed by atoms with Gasteiger partial charge in [0, 0.05) is 6.20 Å². The minimum Gasteiger partial charge on any atom is -0.497 e. The highest BCUT2D eigenvalue weighted by Crippen LogP contribution is 2.12. The number of carbonyl (C=O) groups is 2. The van der Waals surface area contributed by atoms with E-state index in [9.17, 15) is 9.59 Å². The van der Waals surface area contributed by atoms with E-state index in [1.807, 2.05) is 24.3 Å². The van der Waals surface area contributed by atoms with Crippen molar-refractivity contribution in [1.82, 2.24) is 15.1 Å². The van der Waals surface area contributed by atoms with Crippen LogP contribution in [0, 0.1) is 0 Å². The van der Waals surface area contributed by atoms with Gasteiger partial charge in [0.25, 0.3) is 5.91 Å². The summed E-state index contributed by atoms with van der Waals surface area (Å²) in [5, 5.41) is 15.3. The highest BCUT2D eigenvalue weighted by molar-refractivity contribution is 5.96. The lowest BCUT2D eigenvalue weighted by atomic mass is 10.2. The number of hydrogen-bond donors (Lipinski definition) is 2. The molecule has 1 amide bonds. The van der Waals surface area contributed by atoms with Crippen LogP contribution >= 0.6 is 0 Å². The van der Waals surface area contributed by atoms with Crippen molar-refractivity contribution >= 4 is 11.9 Å². The maximum absolute atomic E-state index is 11.9. The lowest BCUT2D eigenvalue weighted by molar-refractivity contribution is -0.138. The van der Waals surface area contributed by atoms with Gasteiger partial charge in [-0.1, -0.05) is 12.1 Å². The highest BCUT2D eigenvalue weighted by Gasteiger charge is 2.16. The summed E-state index contributed by atoms with van der Waals surface area (Å²) < 4.78 is 6.70. The van der Waals surface area contributed by atoms with Crippen LogP contribution in [0.25, 0.3) is 0 Å². The van der Waals surface area contributed by atoms with Gasteiger partial charge in [0.2, 0.25) is 0 Å². The third-order valence-electron chi connectivity index (χ3n) is 3.12. The smallest absolute Gasteiger partial charge is 0.325 e. The summed E-state index contributed by atoms with van der Waals surface area (Å²) in [4.78, 5) is 22.6. The Hall–Kier alpha value is -2.83. The zero-order valence-electron chi connectivity index (χ0n) is 12.3. The van der Waals surface area contributed by atoms with E-state index in [1.165, 1.54) is 13.1 Å². The molecule has 0 aliphatic rings. The molecule has 116 valence electrons. The molecule has 2 aromatic rings. The first-order valence-electron chi connectivity index (χ1n) is 6.68. The van der Waals surface area contributed by atoms with Crippen molar-refractivity contribution in [2.75, 3.05) is 7.11 Å². The molecule has 7 nitrogen and oxygen atoms in total. The normalized spacial score (nSPS) is 11.7. The van der Waals surface area contributed by atoms with E-state index in [4.69, 9.17) is 9.84 Å². The van der Waals surface area contributed by atoms with Crippen molar-refractivity contribution in [3.05, 3.63) is 47.8 Å². The number of amides is 1. The summed E-state index contributed by atoms with van der Waals surface area (Å²) in [7, 11) is 1.60. The number of methoxy groups -OCH3 is 1. The third-order valence-corrected chi connectivity index (χ3v) is 3.12. The number of hydrogen-bond acceptors (Lipinski definition) is 4. The average Bonchev–Trinajstić information content (AvgIpc) is 2.96. The molecule has 7 heteroatoms. The van der Waals surface area contributed by atoms with Gasteiger partial charge in [-0.25, -0.2) is 0 Å². The summed E-state index contributed by atoms with van der Waals surface area (Å²) in [5.74, 6) is -0.776. The average molecular weight is 303 g/mol. The minimum atomic E-state index is -1.08. The first kappa shape index (κ1) is 15.6. The lowest BCUT2D eigenvalue weighted by Crippen LogP contribution is -2.38. The molecule has 0 unspecified atom stereocenters. The number of carbonyl (C=O) groups excluding carboxylic acids is 1. The Morgan fingerprint density at radius 2 is 2.05 bits per heavy atom. The number of ether oxygens (including phenoxy) is 1. The van der Waals surface area contributed by atoms with Gasteiger partial charge >= 0.3 is 5.97 Å². The van der Waals surface area contributed by atoms with Crippen LogP contribution in [0.4, 0.5) is 0 Å². The minimum absolute atomic E-state index is 0.321. The van der Waals surface area contributed by atoms with Crippen molar-refractivity contribution in [3.8, 4) is 5.75 Å². The molecule has 0 radical (unpaired) electrons. The summed E-state index contributed by atoms with van der Waals surface area (Å²) in [6.07, 6.45) is 2.99. The largest absolute Gasteiger partial charge is 0.497 e. The SMILES string of the molecule is COc1ccc(Cn2cc(C(=O)N[C@H](C)C(=O)O)cn2)cc1. The monoisotopic (exact) mass is 303 g/mol. The van der Waals surface area contributed by atoms with Crippen LogP contribution in [0.2, 0.25) is 0 Å². The van der Waals surface area contributed by atoms with Crippen molar-refractivity contribution in [2.24, 2.45) is 0 Å². The second kappa shape index (κ2) is 6.75. The van der Waals surface area contributed by atoms with E-state index < -0.39 is 17.9 Å². The molecule has 2 rings (SSSR count). The fourth-order valence-electron chi connectivity index (χ4n) is 1.83. The first-order chi connectivity index (χ1) is 10.5. The second-order valence-electron chi connectivity index (χ2n) is 4.81. The van der Waals surface area contributed by atoms with Gasteiger partial charge in [-0.05, 0) is 24.6 Å². The lowest BCUT2D eigenvalue weighted by Gasteiger charge is -2.07. The summed E-state index contributed by atoms with van der Waals surface area (Å²) in [6.45, 7) is 1.91. The molecule has 0 bridgehead atoms. The highest BCUT2D eigenvalue weighted by atomic mass is 16.5. The van der Waals surface area contributed by atoms with Gasteiger partial charge in [-0.2, -0.15) is 5.10 Å². The predicted molar refractivity (Wildman–Crippen MR) is 78.9 cm³/mol. The van der Waals surface area contributed by atoms with Crippen molar-refractivity contribution in [1.29, 1.82) is 0 Å². The summed E-state index contributed by atoms with van der Waals surface area (Å²) >= 11 is 0. The molecule has 0 spiro atoms. The van der Waals surface area contributed by atoms with Gasteiger partial charge in [-0.15, -0.1) is 0 Å². The Morgan fingerprint density at radius 1 is 1.36 bits per heavy atom. The number of nitrogens with one attached hydrogen (secondary N) is 1.